The summed E-state index contributed by atoms with van der Waals surface area (Å²) in [4.78, 5) is 38.8. The molecule has 300 valence electrons. The fourth-order valence-corrected chi connectivity index (χ4v) is 12.1. The molecule has 1 amide bonds. The third-order valence-electron chi connectivity index (χ3n) is 14.9. The van der Waals surface area contributed by atoms with Crippen LogP contribution in [0.3, 0.4) is 0 Å². The van der Waals surface area contributed by atoms with E-state index in [9.17, 15) is 13.6 Å². The van der Waals surface area contributed by atoms with Gasteiger partial charge in [-0.25, -0.2) is 24.3 Å². The van der Waals surface area contributed by atoms with Crippen molar-refractivity contribution < 1.29 is 61.5 Å². The van der Waals surface area contributed by atoms with E-state index >= 15 is 0 Å². The van der Waals surface area contributed by atoms with Crippen LogP contribution in [0.25, 0.3) is 0 Å². The van der Waals surface area contributed by atoms with Crippen LogP contribution in [0.4, 0.5) is 19.3 Å². The lowest BCUT2D eigenvalue weighted by Gasteiger charge is -2.62. The van der Waals surface area contributed by atoms with Crippen molar-refractivity contribution in [3.63, 3.8) is 0 Å². The molecule has 10 fully saturated rings. The Bertz CT molecular complexity index is 1570. The first kappa shape index (κ1) is 37.4. The number of fused-ring (bicyclic) bond motifs is 4. The minimum atomic E-state index is -2.95. The normalized spacial score (nSPS) is 49.6. The van der Waals surface area contributed by atoms with Gasteiger partial charge in [0, 0.05) is 36.8 Å². The van der Waals surface area contributed by atoms with Gasteiger partial charge in [-0.2, -0.15) is 8.78 Å². The molecule has 8 aliphatic heterocycles. The van der Waals surface area contributed by atoms with Crippen molar-refractivity contribution in [3.8, 4) is 5.75 Å². The first-order valence-electron chi connectivity index (χ1n) is 20.2. The summed E-state index contributed by atoms with van der Waals surface area (Å²) >= 11 is 0. The summed E-state index contributed by atoms with van der Waals surface area (Å²) in [5.74, 6) is -0.683. The van der Waals surface area contributed by atoms with Crippen molar-refractivity contribution >= 4 is 11.8 Å². The fourth-order valence-electron chi connectivity index (χ4n) is 12.1. The minimum Gasteiger partial charge on any atom is -0.443 e. The van der Waals surface area contributed by atoms with Gasteiger partial charge in [-0.3, -0.25) is 5.32 Å². The quantitative estimate of drug-likeness (QED) is 0.271. The predicted octanol–water partition coefficient (Wildman–Crippen LogP) is 8.10. The molecule has 17 atom stereocenters. The zero-order chi connectivity index (χ0) is 37.8. The SMILES string of the molecule is C[C@H]1[C@@H](C[C@H](OC(=O)Nc2ccc(OC(F)F)cc2)C2O[C@@H]3O[C@]4(C)CC[C@H]5[C@H](C)CC[C@@H]([C@H]2C)C35OO4)O[C@@H]2O[C@]3(C)CC[C@H]4[C@H](C)CC[C@@H]1C24OO3. The number of hydrogen-bond donors (Lipinski definition) is 1. The molecule has 12 nitrogen and oxygen atoms in total. The Morgan fingerprint density at radius 1 is 0.759 bits per heavy atom. The van der Waals surface area contributed by atoms with Crippen LogP contribution in [-0.2, 0) is 43.2 Å². The molecule has 8 heterocycles. The van der Waals surface area contributed by atoms with Gasteiger partial charge in [0.1, 0.15) is 18.0 Å². The Hall–Kier alpha value is -2.17. The predicted molar refractivity (Wildman–Crippen MR) is 185 cm³/mol. The summed E-state index contributed by atoms with van der Waals surface area (Å²) in [6.45, 7) is 9.76. The van der Waals surface area contributed by atoms with Crippen molar-refractivity contribution in [2.75, 3.05) is 5.32 Å². The second kappa shape index (κ2) is 13.5. The molecule has 1 aromatic rings. The number of hydrogen-bond acceptors (Lipinski definition) is 11. The first-order valence-corrected chi connectivity index (χ1v) is 20.2. The smallest absolute Gasteiger partial charge is 0.411 e. The van der Waals surface area contributed by atoms with Crippen LogP contribution in [0.15, 0.2) is 24.3 Å². The number of anilines is 1. The van der Waals surface area contributed by atoms with Gasteiger partial charge >= 0.3 is 12.7 Å². The molecule has 11 rings (SSSR count). The lowest BCUT2D eigenvalue weighted by Crippen LogP contribution is -2.72. The monoisotopic (exact) mass is 763 g/mol. The van der Waals surface area contributed by atoms with E-state index in [-0.39, 0.29) is 47.4 Å². The van der Waals surface area contributed by atoms with Crippen LogP contribution in [0.5, 0.6) is 5.75 Å². The van der Waals surface area contributed by atoms with Crippen LogP contribution in [0.1, 0.15) is 99.3 Å². The maximum Gasteiger partial charge on any atom is 0.411 e. The Kier molecular flexibility index (Phi) is 9.33. The number of carbonyl (C=O) groups excluding carboxylic acids is 1. The zero-order valence-electron chi connectivity index (χ0n) is 32.0. The molecular formula is C40H55F2NO11. The highest BCUT2D eigenvalue weighted by molar-refractivity contribution is 5.84. The zero-order valence-corrected chi connectivity index (χ0v) is 32.0. The van der Waals surface area contributed by atoms with Gasteiger partial charge in [0.15, 0.2) is 23.8 Å². The van der Waals surface area contributed by atoms with Gasteiger partial charge in [0.25, 0.3) is 0 Å². The molecule has 0 aromatic heterocycles. The second-order valence-electron chi connectivity index (χ2n) is 18.0. The van der Waals surface area contributed by atoms with Crippen molar-refractivity contribution in [1.82, 2.24) is 0 Å². The Balaban J connectivity index is 1.03. The largest absolute Gasteiger partial charge is 0.443 e. The number of benzene rings is 1. The van der Waals surface area contributed by atoms with E-state index in [1.54, 1.807) is 0 Å². The maximum atomic E-state index is 13.8. The van der Waals surface area contributed by atoms with Gasteiger partial charge < -0.3 is 28.4 Å². The summed E-state index contributed by atoms with van der Waals surface area (Å²) < 4.78 is 63.8. The number of alkyl halides is 2. The van der Waals surface area contributed by atoms with Crippen molar-refractivity contribution in [2.45, 2.75) is 160 Å². The molecular weight excluding hydrogens is 708 g/mol. The van der Waals surface area contributed by atoms with E-state index < -0.39 is 60.3 Å². The van der Waals surface area contributed by atoms with Crippen molar-refractivity contribution in [3.05, 3.63) is 24.3 Å². The molecule has 3 unspecified atom stereocenters. The highest BCUT2D eigenvalue weighted by Crippen LogP contribution is 2.63. The van der Waals surface area contributed by atoms with Gasteiger partial charge in [0.05, 0.1) is 6.10 Å². The Morgan fingerprint density at radius 2 is 1.31 bits per heavy atom. The van der Waals surface area contributed by atoms with E-state index in [0.717, 1.165) is 38.5 Å². The van der Waals surface area contributed by atoms with Crippen LogP contribution in [-0.4, -0.2) is 66.4 Å². The van der Waals surface area contributed by atoms with E-state index in [0.29, 0.717) is 36.8 Å². The highest BCUT2D eigenvalue weighted by atomic mass is 19.3. The van der Waals surface area contributed by atoms with Gasteiger partial charge in [-0.1, -0.05) is 27.7 Å². The average Bonchev–Trinajstić information content (AvgIpc) is 3.50. The summed E-state index contributed by atoms with van der Waals surface area (Å²) in [6, 6.07) is 5.71. The van der Waals surface area contributed by atoms with Crippen LogP contribution < -0.4 is 10.1 Å². The second-order valence-corrected chi connectivity index (χ2v) is 18.0. The molecule has 1 N–H and O–H groups in total. The van der Waals surface area contributed by atoms with E-state index in [4.69, 9.17) is 43.2 Å². The third-order valence-corrected chi connectivity index (χ3v) is 14.9. The summed E-state index contributed by atoms with van der Waals surface area (Å²) in [5.41, 5.74) is -1.15. The topological polar surface area (TPSA) is 121 Å². The summed E-state index contributed by atoms with van der Waals surface area (Å²) in [6.07, 6.45) is 3.66. The van der Waals surface area contributed by atoms with E-state index in [2.05, 4.69) is 37.7 Å². The molecule has 2 aliphatic carbocycles. The number of carbonyl (C=O) groups is 1. The van der Waals surface area contributed by atoms with Gasteiger partial charge in [-0.05, 0) is 112 Å². The third kappa shape index (κ3) is 5.91. The Labute approximate surface area is 315 Å². The van der Waals surface area contributed by atoms with E-state index in [1.807, 2.05) is 13.8 Å². The number of amides is 1. The highest BCUT2D eigenvalue weighted by Gasteiger charge is 2.72. The minimum absolute atomic E-state index is 0.00776. The maximum absolute atomic E-state index is 13.8. The standard InChI is InChI=1S/C40H55F2NO11/c1-20-7-13-28-22(3)30(46-33-39(28)26(20)15-17-37(5,49-33)51-53-39)19-31(47-36(44)43-24-9-11-25(12-10-24)45-35(41)42)32-23(4)29-14-8-21(2)27-16-18-38(6)50-34(48-32)40(27,29)54-52-38/h9-12,20-23,26-35H,7-8,13-19H2,1-6H3,(H,43,44)/t20-,21-,22-,23-,26+,27+,28+,29+,30-,31+,32?,33-,34-,37+,38+,39?,40?/m1/s1. The molecule has 54 heavy (non-hydrogen) atoms. The average molecular weight is 764 g/mol. The Morgan fingerprint density at radius 3 is 1.89 bits per heavy atom. The molecule has 8 saturated heterocycles. The molecule has 0 radical (unpaired) electrons. The lowest BCUT2D eigenvalue weighted by molar-refractivity contribution is -0.573. The number of rotatable bonds is 7. The first-order chi connectivity index (χ1) is 25.7. The molecule has 14 heteroatoms. The number of nitrogens with one attached hydrogen (secondary N) is 1. The molecule has 4 bridgehead atoms. The molecule has 10 aliphatic rings. The number of ether oxygens (including phenoxy) is 6. The fraction of sp³-hybridized carbons (Fsp3) is 0.825. The van der Waals surface area contributed by atoms with Crippen LogP contribution >= 0.6 is 0 Å². The number of halogens is 2. The molecule has 2 saturated carbocycles. The lowest BCUT2D eigenvalue weighted by atomic mass is 9.56. The van der Waals surface area contributed by atoms with E-state index in [1.165, 1.54) is 24.3 Å². The summed E-state index contributed by atoms with van der Waals surface area (Å²) in [5, 5.41) is 2.78. The van der Waals surface area contributed by atoms with Gasteiger partial charge in [0.2, 0.25) is 11.6 Å². The van der Waals surface area contributed by atoms with Crippen molar-refractivity contribution in [1.29, 1.82) is 0 Å². The molecule has 1 aromatic carbocycles. The van der Waals surface area contributed by atoms with Crippen LogP contribution in [0.2, 0.25) is 0 Å². The molecule has 2 spiro atoms. The summed E-state index contributed by atoms with van der Waals surface area (Å²) in [7, 11) is 0. The van der Waals surface area contributed by atoms with Crippen molar-refractivity contribution in [2.24, 2.45) is 47.3 Å². The van der Waals surface area contributed by atoms with Gasteiger partial charge in [-0.15, -0.1) is 0 Å². The van der Waals surface area contributed by atoms with Crippen LogP contribution in [0, 0.1) is 47.3 Å².